The van der Waals surface area contributed by atoms with Crippen LogP contribution in [0.15, 0.2) is 42.9 Å². The molecule has 0 N–H and O–H groups in total. The van der Waals surface area contributed by atoms with E-state index in [4.69, 9.17) is 23.2 Å². The Labute approximate surface area is 173 Å². The van der Waals surface area contributed by atoms with Gasteiger partial charge in [0, 0.05) is 24.7 Å². The SMILES string of the molecule is CC.CC.CN1Cc2cc(Cl)c(Cl)cc2C1.Cc1ccc2cncnc2c1. The number of benzene rings is 2. The van der Waals surface area contributed by atoms with Crippen molar-refractivity contribution >= 4 is 34.1 Å². The summed E-state index contributed by atoms with van der Waals surface area (Å²) < 4.78 is 0. The predicted molar refractivity (Wildman–Crippen MR) is 119 cm³/mol. The highest BCUT2D eigenvalue weighted by molar-refractivity contribution is 6.42. The lowest BCUT2D eigenvalue weighted by molar-refractivity contribution is 0.353. The molecular weight excluding hydrogens is 377 g/mol. The number of fused-ring (bicyclic) bond motifs is 2. The lowest BCUT2D eigenvalue weighted by Crippen LogP contribution is -2.07. The van der Waals surface area contributed by atoms with Crippen LogP contribution in [0.3, 0.4) is 0 Å². The summed E-state index contributed by atoms with van der Waals surface area (Å²) in [7, 11) is 2.09. The Morgan fingerprint density at radius 2 is 1.44 bits per heavy atom. The second-order valence-electron chi connectivity index (χ2n) is 5.79. The fraction of sp³-hybridized carbons (Fsp3) is 0.364. The highest BCUT2D eigenvalue weighted by atomic mass is 35.5. The van der Waals surface area contributed by atoms with Crippen LogP contribution in [0.2, 0.25) is 10.0 Å². The van der Waals surface area contributed by atoms with E-state index in [9.17, 15) is 0 Å². The van der Waals surface area contributed by atoms with E-state index in [0.717, 1.165) is 24.0 Å². The summed E-state index contributed by atoms with van der Waals surface area (Å²) in [5.41, 5.74) is 4.84. The van der Waals surface area contributed by atoms with E-state index in [1.165, 1.54) is 16.7 Å². The van der Waals surface area contributed by atoms with Gasteiger partial charge in [0.2, 0.25) is 0 Å². The average Bonchev–Trinajstić information content (AvgIpc) is 3.04. The molecule has 0 aliphatic carbocycles. The number of nitrogens with zero attached hydrogens (tertiary/aromatic N) is 3. The molecule has 4 rings (SSSR count). The molecule has 0 radical (unpaired) electrons. The summed E-state index contributed by atoms with van der Waals surface area (Å²) in [6.45, 7) is 12.0. The molecule has 2 heterocycles. The normalized spacial score (nSPS) is 12.0. The zero-order valence-electron chi connectivity index (χ0n) is 17.1. The molecule has 0 fully saturated rings. The van der Waals surface area contributed by atoms with Gasteiger partial charge in [0.05, 0.1) is 15.6 Å². The molecule has 0 unspecified atom stereocenters. The quantitative estimate of drug-likeness (QED) is 0.405. The number of aromatic nitrogens is 2. The summed E-state index contributed by atoms with van der Waals surface area (Å²) >= 11 is 11.8. The van der Waals surface area contributed by atoms with Gasteiger partial charge in [-0.25, -0.2) is 9.97 Å². The van der Waals surface area contributed by atoms with Gasteiger partial charge in [0.25, 0.3) is 0 Å². The summed E-state index contributed by atoms with van der Waals surface area (Å²) in [5, 5.41) is 2.41. The van der Waals surface area contributed by atoms with Gasteiger partial charge >= 0.3 is 0 Å². The highest BCUT2D eigenvalue weighted by Crippen LogP contribution is 2.30. The Kier molecular flexibility index (Phi) is 10.3. The zero-order valence-corrected chi connectivity index (χ0v) is 18.6. The maximum atomic E-state index is 5.89. The standard InChI is InChI=1S/C9H9Cl2N.C9H8N2.2C2H6/c1-12-4-6-2-8(10)9(11)3-7(6)5-12;1-7-2-3-8-5-10-6-11-9(8)4-7;2*1-2/h2-3H,4-5H2,1H3;2-6H,1H3;2*1-2H3. The second kappa shape index (κ2) is 11.9. The minimum Gasteiger partial charge on any atom is -0.298 e. The van der Waals surface area contributed by atoms with Gasteiger partial charge in [-0.2, -0.15) is 0 Å². The van der Waals surface area contributed by atoms with Gasteiger partial charge in [-0.1, -0.05) is 63.0 Å². The third-order valence-corrected chi connectivity index (χ3v) is 4.51. The molecule has 1 aromatic heterocycles. The molecule has 3 nitrogen and oxygen atoms in total. The Hall–Kier alpha value is -1.68. The molecular formula is C22H29Cl2N3. The van der Waals surface area contributed by atoms with E-state index in [1.807, 2.05) is 52.1 Å². The van der Waals surface area contributed by atoms with Crippen LogP contribution in [0.4, 0.5) is 0 Å². The molecule has 0 saturated heterocycles. The molecule has 0 amide bonds. The van der Waals surface area contributed by atoms with E-state index < -0.39 is 0 Å². The first-order valence-electron chi connectivity index (χ1n) is 9.34. The van der Waals surface area contributed by atoms with Crippen LogP contribution in [-0.4, -0.2) is 21.9 Å². The van der Waals surface area contributed by atoms with Gasteiger partial charge in [0.1, 0.15) is 6.33 Å². The monoisotopic (exact) mass is 405 g/mol. The molecule has 0 spiro atoms. The number of rotatable bonds is 0. The molecule has 1 aliphatic heterocycles. The smallest absolute Gasteiger partial charge is 0.116 e. The van der Waals surface area contributed by atoms with E-state index in [0.29, 0.717) is 10.0 Å². The van der Waals surface area contributed by atoms with Crippen molar-refractivity contribution in [3.63, 3.8) is 0 Å². The van der Waals surface area contributed by atoms with Crippen molar-refractivity contribution in [1.82, 2.24) is 14.9 Å². The van der Waals surface area contributed by atoms with Gasteiger partial charge < -0.3 is 0 Å². The van der Waals surface area contributed by atoms with Crippen LogP contribution >= 0.6 is 23.2 Å². The van der Waals surface area contributed by atoms with Gasteiger partial charge in [-0.05, 0) is 48.9 Å². The summed E-state index contributed by atoms with van der Waals surface area (Å²) in [6, 6.07) is 10.1. The molecule has 0 bridgehead atoms. The average molecular weight is 406 g/mol. The number of aryl methyl sites for hydroxylation is 1. The Morgan fingerprint density at radius 1 is 0.889 bits per heavy atom. The Morgan fingerprint density at radius 3 is 2.00 bits per heavy atom. The first-order chi connectivity index (χ1) is 13.0. The number of hydrogen-bond donors (Lipinski definition) is 0. The molecule has 3 aromatic rings. The molecule has 0 saturated carbocycles. The molecule has 146 valence electrons. The molecule has 0 atom stereocenters. The fourth-order valence-corrected chi connectivity index (χ4v) is 3.02. The zero-order chi connectivity index (χ0) is 20.4. The van der Waals surface area contributed by atoms with E-state index in [1.54, 1.807) is 6.33 Å². The van der Waals surface area contributed by atoms with Crippen molar-refractivity contribution in [3.8, 4) is 0 Å². The Bertz CT molecular complexity index is 819. The van der Waals surface area contributed by atoms with Gasteiger partial charge in [-0.3, -0.25) is 4.90 Å². The molecule has 1 aliphatic rings. The van der Waals surface area contributed by atoms with Crippen LogP contribution in [0, 0.1) is 6.92 Å². The van der Waals surface area contributed by atoms with Crippen molar-refractivity contribution in [2.75, 3.05) is 7.05 Å². The summed E-state index contributed by atoms with van der Waals surface area (Å²) in [4.78, 5) is 10.3. The van der Waals surface area contributed by atoms with E-state index in [2.05, 4.69) is 41.0 Å². The first-order valence-corrected chi connectivity index (χ1v) is 10.1. The molecule has 5 heteroatoms. The van der Waals surface area contributed by atoms with Crippen molar-refractivity contribution in [3.05, 3.63) is 69.6 Å². The minimum absolute atomic E-state index is 0.658. The third kappa shape index (κ3) is 6.76. The van der Waals surface area contributed by atoms with Crippen molar-refractivity contribution in [2.24, 2.45) is 0 Å². The predicted octanol–water partition coefficient (Wildman–Crippen LogP) is 6.93. The van der Waals surface area contributed by atoms with Gasteiger partial charge in [-0.15, -0.1) is 0 Å². The minimum atomic E-state index is 0.658. The first kappa shape index (κ1) is 23.4. The number of halogens is 2. The summed E-state index contributed by atoms with van der Waals surface area (Å²) in [5.74, 6) is 0. The third-order valence-electron chi connectivity index (χ3n) is 3.79. The maximum absolute atomic E-state index is 5.89. The van der Waals surface area contributed by atoms with Crippen LogP contribution in [0.25, 0.3) is 10.9 Å². The van der Waals surface area contributed by atoms with E-state index in [-0.39, 0.29) is 0 Å². The van der Waals surface area contributed by atoms with Gasteiger partial charge in [0.15, 0.2) is 0 Å². The topological polar surface area (TPSA) is 29.0 Å². The van der Waals surface area contributed by atoms with Crippen molar-refractivity contribution in [1.29, 1.82) is 0 Å². The van der Waals surface area contributed by atoms with Crippen molar-refractivity contribution < 1.29 is 0 Å². The van der Waals surface area contributed by atoms with Crippen molar-refractivity contribution in [2.45, 2.75) is 47.7 Å². The number of hydrogen-bond acceptors (Lipinski definition) is 3. The van der Waals surface area contributed by atoms with Crippen LogP contribution < -0.4 is 0 Å². The lowest BCUT2D eigenvalue weighted by Gasteiger charge is -2.02. The van der Waals surface area contributed by atoms with Crippen LogP contribution in [0.1, 0.15) is 44.4 Å². The van der Waals surface area contributed by atoms with Crippen LogP contribution in [0.5, 0.6) is 0 Å². The maximum Gasteiger partial charge on any atom is 0.116 e. The molecule has 2 aromatic carbocycles. The highest BCUT2D eigenvalue weighted by Gasteiger charge is 2.16. The Balaban J connectivity index is 0.000000229. The lowest BCUT2D eigenvalue weighted by atomic mass is 10.1. The second-order valence-corrected chi connectivity index (χ2v) is 6.61. The largest absolute Gasteiger partial charge is 0.298 e. The van der Waals surface area contributed by atoms with Crippen LogP contribution in [-0.2, 0) is 13.1 Å². The summed E-state index contributed by atoms with van der Waals surface area (Å²) in [6.07, 6.45) is 3.39. The molecule has 27 heavy (non-hydrogen) atoms. The fourth-order valence-electron chi connectivity index (χ4n) is 2.64. The van der Waals surface area contributed by atoms with E-state index >= 15 is 0 Å².